The lowest BCUT2D eigenvalue weighted by Gasteiger charge is -2.11. The van der Waals surface area contributed by atoms with E-state index < -0.39 is 0 Å². The molecule has 0 aliphatic heterocycles. The molecule has 1 unspecified atom stereocenters. The van der Waals surface area contributed by atoms with Crippen LogP contribution in [0.25, 0.3) is 10.2 Å². The summed E-state index contributed by atoms with van der Waals surface area (Å²) < 4.78 is 2.05. The molecule has 0 fully saturated rings. The van der Waals surface area contributed by atoms with Crippen molar-refractivity contribution < 1.29 is 4.79 Å². The van der Waals surface area contributed by atoms with Crippen LogP contribution in [0, 0.1) is 0 Å². The number of carbonyl (C=O) groups excluding carboxylic acids is 1. The lowest BCUT2D eigenvalue weighted by Crippen LogP contribution is -2.29. The molecule has 0 radical (unpaired) electrons. The number of para-hydroxylation sites is 1. The molecule has 3 aromatic rings. The highest BCUT2D eigenvalue weighted by molar-refractivity contribution is 8.02. The minimum absolute atomic E-state index is 0.0846. The molecule has 0 bridgehead atoms. The Balaban J connectivity index is 1.69. The maximum Gasteiger partial charge on any atom is 0.253 e. The van der Waals surface area contributed by atoms with Gasteiger partial charge >= 0.3 is 0 Å². The van der Waals surface area contributed by atoms with Crippen molar-refractivity contribution in [2.75, 3.05) is 0 Å². The van der Waals surface area contributed by atoms with Crippen molar-refractivity contribution in [3.63, 3.8) is 0 Å². The third-order valence-electron chi connectivity index (χ3n) is 3.92. The maximum absolute atomic E-state index is 12.6. The number of carbonyl (C=O) groups is 1. The summed E-state index contributed by atoms with van der Waals surface area (Å²) in [6.45, 7) is 4.04. The van der Waals surface area contributed by atoms with Crippen molar-refractivity contribution in [3.05, 3.63) is 60.2 Å². The van der Waals surface area contributed by atoms with Gasteiger partial charge in [-0.1, -0.05) is 68.1 Å². The summed E-state index contributed by atoms with van der Waals surface area (Å²) in [6.07, 6.45) is 1.47. The van der Waals surface area contributed by atoms with Crippen molar-refractivity contribution in [1.82, 2.24) is 10.4 Å². The second-order valence-electron chi connectivity index (χ2n) is 5.72. The minimum atomic E-state index is -0.215. The third kappa shape index (κ3) is 4.51. The predicted molar refractivity (Wildman–Crippen MR) is 111 cm³/mol. The predicted octanol–water partition coefficient (Wildman–Crippen LogP) is 5.10. The molecule has 0 saturated carbocycles. The van der Waals surface area contributed by atoms with Crippen LogP contribution in [0.4, 0.5) is 0 Å². The Labute approximate surface area is 161 Å². The summed E-state index contributed by atoms with van der Waals surface area (Å²) in [4.78, 5) is 17.2. The van der Waals surface area contributed by atoms with Crippen LogP contribution in [-0.4, -0.2) is 21.9 Å². The number of rotatable bonds is 7. The van der Waals surface area contributed by atoms with E-state index in [0.29, 0.717) is 0 Å². The van der Waals surface area contributed by atoms with Crippen LogP contribution in [0.2, 0.25) is 0 Å². The standard InChI is InChI=1S/C20H21N3OS2/c1-3-15(14-10-6-5-7-11-14)22-23-19(24)17(4-2)25-20-21-16-12-8-9-13-18(16)26-20/h5-13,17H,3-4H2,1-2H3,(H,23,24). The molecule has 134 valence electrons. The zero-order valence-electron chi connectivity index (χ0n) is 14.8. The molecule has 1 amide bonds. The van der Waals surface area contributed by atoms with Crippen LogP contribution in [0.1, 0.15) is 32.3 Å². The molecule has 1 atom stereocenters. The summed E-state index contributed by atoms with van der Waals surface area (Å²) in [5.41, 5.74) is 5.62. The van der Waals surface area contributed by atoms with Crippen molar-refractivity contribution in [1.29, 1.82) is 0 Å². The Morgan fingerprint density at radius 2 is 1.88 bits per heavy atom. The number of benzene rings is 2. The van der Waals surface area contributed by atoms with Gasteiger partial charge in [-0.15, -0.1) is 11.3 Å². The fraction of sp³-hybridized carbons (Fsp3) is 0.250. The van der Waals surface area contributed by atoms with Crippen LogP contribution in [0.15, 0.2) is 64.0 Å². The largest absolute Gasteiger partial charge is 0.272 e. The van der Waals surface area contributed by atoms with Gasteiger partial charge in [0.25, 0.3) is 5.91 Å². The fourth-order valence-corrected chi connectivity index (χ4v) is 4.75. The first-order chi connectivity index (χ1) is 12.7. The van der Waals surface area contributed by atoms with Gasteiger partial charge in [0.05, 0.1) is 21.2 Å². The van der Waals surface area contributed by atoms with Crippen LogP contribution in [-0.2, 0) is 4.79 Å². The van der Waals surface area contributed by atoms with Crippen LogP contribution >= 0.6 is 23.1 Å². The van der Waals surface area contributed by atoms with Gasteiger partial charge in [0.2, 0.25) is 0 Å². The molecule has 6 heteroatoms. The Morgan fingerprint density at radius 1 is 1.15 bits per heavy atom. The highest BCUT2D eigenvalue weighted by Gasteiger charge is 2.20. The summed E-state index contributed by atoms with van der Waals surface area (Å²) in [5, 5.41) is 4.14. The van der Waals surface area contributed by atoms with Crippen molar-refractivity contribution in [2.24, 2.45) is 5.10 Å². The second kappa shape index (κ2) is 8.96. The summed E-state index contributed by atoms with van der Waals surface area (Å²) in [5.74, 6) is -0.0846. The van der Waals surface area contributed by atoms with Crippen LogP contribution in [0.3, 0.4) is 0 Å². The first-order valence-corrected chi connectivity index (χ1v) is 10.3. The van der Waals surface area contributed by atoms with E-state index >= 15 is 0 Å². The maximum atomic E-state index is 12.6. The summed E-state index contributed by atoms with van der Waals surface area (Å²) >= 11 is 3.12. The van der Waals surface area contributed by atoms with E-state index in [0.717, 1.165) is 38.7 Å². The third-order valence-corrected chi connectivity index (χ3v) is 6.42. The van der Waals surface area contributed by atoms with Gasteiger partial charge in [0.1, 0.15) is 0 Å². The zero-order chi connectivity index (χ0) is 18.4. The van der Waals surface area contributed by atoms with Crippen molar-refractivity contribution in [3.8, 4) is 0 Å². The van der Waals surface area contributed by atoms with E-state index in [1.807, 2.05) is 62.4 Å². The number of hydrogen-bond donors (Lipinski definition) is 1. The number of hydrogen-bond acceptors (Lipinski definition) is 5. The normalized spacial score (nSPS) is 12.9. The van der Waals surface area contributed by atoms with E-state index in [-0.39, 0.29) is 11.2 Å². The molecule has 0 saturated heterocycles. The van der Waals surface area contributed by atoms with Crippen LogP contribution in [0.5, 0.6) is 0 Å². The second-order valence-corrected chi connectivity index (χ2v) is 8.20. The highest BCUT2D eigenvalue weighted by atomic mass is 32.2. The average molecular weight is 384 g/mol. The number of fused-ring (bicyclic) bond motifs is 1. The first kappa shape index (κ1) is 18.6. The average Bonchev–Trinajstić information content (AvgIpc) is 3.09. The molecule has 1 N–H and O–H groups in total. The van der Waals surface area contributed by atoms with Gasteiger partial charge < -0.3 is 0 Å². The SMILES string of the molecule is CCC(=NNC(=O)C(CC)Sc1nc2ccccc2s1)c1ccccc1. The lowest BCUT2D eigenvalue weighted by molar-refractivity contribution is -0.120. The Hall–Kier alpha value is -2.18. The summed E-state index contributed by atoms with van der Waals surface area (Å²) in [7, 11) is 0. The van der Waals surface area contributed by atoms with Gasteiger partial charge in [-0.05, 0) is 30.5 Å². The number of thiazole rings is 1. The molecule has 0 aliphatic carbocycles. The quantitative estimate of drug-likeness (QED) is 0.351. The first-order valence-electron chi connectivity index (χ1n) is 8.65. The molecule has 3 rings (SSSR count). The molecule has 0 aliphatic rings. The fourth-order valence-electron chi connectivity index (χ4n) is 2.52. The van der Waals surface area contributed by atoms with E-state index in [4.69, 9.17) is 0 Å². The monoisotopic (exact) mass is 383 g/mol. The topological polar surface area (TPSA) is 54.4 Å². The number of thioether (sulfide) groups is 1. The molecule has 2 aromatic carbocycles. The zero-order valence-corrected chi connectivity index (χ0v) is 16.4. The molecular formula is C20H21N3OS2. The molecule has 26 heavy (non-hydrogen) atoms. The molecular weight excluding hydrogens is 362 g/mol. The van der Waals surface area contributed by atoms with Gasteiger partial charge in [0.15, 0.2) is 4.34 Å². The van der Waals surface area contributed by atoms with Gasteiger partial charge in [-0.25, -0.2) is 10.4 Å². The Morgan fingerprint density at radius 3 is 2.58 bits per heavy atom. The van der Waals surface area contributed by atoms with E-state index in [9.17, 15) is 4.79 Å². The van der Waals surface area contributed by atoms with E-state index in [2.05, 4.69) is 21.6 Å². The number of nitrogens with zero attached hydrogens (tertiary/aromatic N) is 2. The minimum Gasteiger partial charge on any atom is -0.272 e. The Kier molecular flexibility index (Phi) is 6.41. The Bertz CT molecular complexity index is 873. The number of nitrogens with one attached hydrogen (secondary N) is 1. The molecule has 4 nitrogen and oxygen atoms in total. The van der Waals surface area contributed by atoms with Gasteiger partial charge in [0, 0.05) is 0 Å². The van der Waals surface area contributed by atoms with E-state index in [1.165, 1.54) is 11.8 Å². The van der Waals surface area contributed by atoms with Gasteiger partial charge in [-0.3, -0.25) is 4.79 Å². The number of aromatic nitrogens is 1. The summed E-state index contributed by atoms with van der Waals surface area (Å²) in [6, 6.07) is 17.9. The number of hydrazone groups is 1. The van der Waals surface area contributed by atoms with Crippen LogP contribution < -0.4 is 5.43 Å². The smallest absolute Gasteiger partial charge is 0.253 e. The van der Waals surface area contributed by atoms with Crippen molar-refractivity contribution >= 4 is 44.9 Å². The molecule has 1 heterocycles. The number of amides is 1. The van der Waals surface area contributed by atoms with E-state index in [1.54, 1.807) is 11.3 Å². The highest BCUT2D eigenvalue weighted by Crippen LogP contribution is 2.33. The molecule has 1 aromatic heterocycles. The lowest BCUT2D eigenvalue weighted by atomic mass is 10.1. The molecule has 0 spiro atoms. The van der Waals surface area contributed by atoms with Gasteiger partial charge in [-0.2, -0.15) is 5.10 Å². The van der Waals surface area contributed by atoms with Crippen molar-refractivity contribution in [2.45, 2.75) is 36.3 Å².